The van der Waals surface area contributed by atoms with E-state index in [4.69, 9.17) is 4.74 Å². The predicted molar refractivity (Wildman–Crippen MR) is 108 cm³/mol. The third-order valence-corrected chi connectivity index (χ3v) is 4.63. The SMILES string of the molecule is CC(C)N(CC1CCCN(C(=O)Nc2ccccc2F)C1)C(=O)OC(C)(C)C. The van der Waals surface area contributed by atoms with Crippen molar-refractivity contribution >= 4 is 17.8 Å². The van der Waals surface area contributed by atoms with Crippen molar-refractivity contribution in [3.05, 3.63) is 30.1 Å². The molecule has 28 heavy (non-hydrogen) atoms. The lowest BCUT2D eigenvalue weighted by molar-refractivity contribution is 0.0132. The van der Waals surface area contributed by atoms with E-state index in [2.05, 4.69) is 5.32 Å². The topological polar surface area (TPSA) is 61.9 Å². The number of nitrogens with one attached hydrogen (secondary N) is 1. The molecule has 7 heteroatoms. The summed E-state index contributed by atoms with van der Waals surface area (Å²) >= 11 is 0. The summed E-state index contributed by atoms with van der Waals surface area (Å²) in [5.41, 5.74) is -0.380. The van der Waals surface area contributed by atoms with E-state index in [0.29, 0.717) is 19.6 Å². The van der Waals surface area contributed by atoms with Gasteiger partial charge in [-0.2, -0.15) is 0 Å². The second-order valence-electron chi connectivity index (χ2n) is 8.59. The lowest BCUT2D eigenvalue weighted by Gasteiger charge is -2.37. The van der Waals surface area contributed by atoms with Crippen molar-refractivity contribution in [3.8, 4) is 0 Å². The number of hydrogen-bond acceptors (Lipinski definition) is 3. The molecule has 0 aliphatic carbocycles. The van der Waals surface area contributed by atoms with Crippen LogP contribution in [0.5, 0.6) is 0 Å². The van der Waals surface area contributed by atoms with E-state index in [9.17, 15) is 14.0 Å². The number of nitrogens with zero attached hydrogens (tertiary/aromatic N) is 2. The molecule has 1 N–H and O–H groups in total. The summed E-state index contributed by atoms with van der Waals surface area (Å²) in [6.45, 7) is 11.1. The van der Waals surface area contributed by atoms with Gasteiger partial charge in [0.05, 0.1) is 5.69 Å². The van der Waals surface area contributed by atoms with Crippen molar-refractivity contribution in [2.45, 2.75) is 59.1 Å². The highest BCUT2D eigenvalue weighted by Gasteiger charge is 2.30. The van der Waals surface area contributed by atoms with Crippen LogP contribution in [-0.4, -0.2) is 53.2 Å². The molecule has 1 unspecified atom stereocenters. The molecule has 1 aliphatic heterocycles. The highest BCUT2D eigenvalue weighted by molar-refractivity contribution is 5.89. The number of ether oxygens (including phenoxy) is 1. The lowest BCUT2D eigenvalue weighted by atomic mass is 9.97. The van der Waals surface area contributed by atoms with Crippen molar-refractivity contribution in [1.29, 1.82) is 0 Å². The van der Waals surface area contributed by atoms with Crippen LogP contribution >= 0.6 is 0 Å². The zero-order chi connectivity index (χ0) is 20.9. The highest BCUT2D eigenvalue weighted by Crippen LogP contribution is 2.22. The maximum atomic E-state index is 13.8. The number of carbonyl (C=O) groups excluding carboxylic acids is 2. The number of benzene rings is 1. The fourth-order valence-corrected chi connectivity index (χ4v) is 3.25. The van der Waals surface area contributed by atoms with E-state index in [1.165, 1.54) is 12.1 Å². The van der Waals surface area contributed by atoms with Crippen LogP contribution in [0.2, 0.25) is 0 Å². The number of urea groups is 1. The first kappa shape index (κ1) is 22.0. The standard InChI is InChI=1S/C21H32FN3O3/c1-15(2)25(20(27)28-21(3,4)5)14-16-9-8-12-24(13-16)19(26)23-18-11-7-6-10-17(18)22/h6-7,10-11,15-16H,8-9,12-14H2,1-5H3,(H,23,26). The zero-order valence-electron chi connectivity index (χ0n) is 17.5. The summed E-state index contributed by atoms with van der Waals surface area (Å²) in [5.74, 6) is -0.310. The van der Waals surface area contributed by atoms with Gasteiger partial charge in [0.2, 0.25) is 0 Å². The van der Waals surface area contributed by atoms with Gasteiger partial charge in [0, 0.05) is 25.7 Å². The maximum Gasteiger partial charge on any atom is 0.410 e. The van der Waals surface area contributed by atoms with Gasteiger partial charge in [0.25, 0.3) is 0 Å². The minimum atomic E-state index is -0.553. The quantitative estimate of drug-likeness (QED) is 0.805. The Hall–Kier alpha value is -2.31. The predicted octanol–water partition coefficient (Wildman–Crippen LogP) is 4.72. The fourth-order valence-electron chi connectivity index (χ4n) is 3.25. The molecular formula is C21H32FN3O3. The van der Waals surface area contributed by atoms with Crippen LogP contribution in [0, 0.1) is 11.7 Å². The molecule has 0 saturated carbocycles. The Morgan fingerprint density at radius 3 is 2.61 bits per heavy atom. The Bertz CT molecular complexity index is 688. The van der Waals surface area contributed by atoms with Crippen molar-refractivity contribution in [1.82, 2.24) is 9.80 Å². The Morgan fingerprint density at radius 1 is 1.32 bits per heavy atom. The molecule has 6 nitrogen and oxygen atoms in total. The van der Waals surface area contributed by atoms with Crippen LogP contribution in [0.25, 0.3) is 0 Å². The second-order valence-corrected chi connectivity index (χ2v) is 8.59. The van der Waals surface area contributed by atoms with Crippen LogP contribution in [0.4, 0.5) is 19.7 Å². The fraction of sp³-hybridized carbons (Fsp3) is 0.619. The first-order chi connectivity index (χ1) is 13.1. The van der Waals surface area contributed by atoms with Gasteiger partial charge >= 0.3 is 12.1 Å². The van der Waals surface area contributed by atoms with Crippen LogP contribution in [0.3, 0.4) is 0 Å². The van der Waals surface area contributed by atoms with Crippen molar-refractivity contribution < 1.29 is 18.7 Å². The average molecular weight is 394 g/mol. The van der Waals surface area contributed by atoms with Crippen molar-refractivity contribution in [2.24, 2.45) is 5.92 Å². The van der Waals surface area contributed by atoms with Gasteiger partial charge < -0.3 is 19.9 Å². The maximum absolute atomic E-state index is 13.8. The molecule has 3 amide bonds. The number of piperidine rings is 1. The summed E-state index contributed by atoms with van der Waals surface area (Å²) in [4.78, 5) is 28.5. The summed E-state index contributed by atoms with van der Waals surface area (Å²) in [6.07, 6.45) is 1.43. The monoisotopic (exact) mass is 393 g/mol. The van der Waals surface area contributed by atoms with Gasteiger partial charge in [0.1, 0.15) is 11.4 Å². The number of carbonyl (C=O) groups is 2. The molecule has 0 spiro atoms. The van der Waals surface area contributed by atoms with Gasteiger partial charge in [0.15, 0.2) is 0 Å². The Balaban J connectivity index is 1.98. The molecule has 1 aromatic rings. The van der Waals surface area contributed by atoms with Gasteiger partial charge in [-0.15, -0.1) is 0 Å². The van der Waals surface area contributed by atoms with Crippen LogP contribution in [0.1, 0.15) is 47.5 Å². The molecule has 1 aromatic carbocycles. The first-order valence-corrected chi connectivity index (χ1v) is 9.87. The molecule has 156 valence electrons. The normalized spacial score (nSPS) is 17.4. The van der Waals surface area contributed by atoms with Crippen molar-refractivity contribution in [2.75, 3.05) is 25.0 Å². The third kappa shape index (κ3) is 6.39. The molecular weight excluding hydrogens is 361 g/mol. The Kier molecular flexibility index (Phi) is 7.27. The Labute approximate surface area is 167 Å². The molecule has 1 aliphatic rings. The summed E-state index contributed by atoms with van der Waals surface area (Å²) in [6, 6.07) is 5.80. The molecule has 1 saturated heterocycles. The van der Waals surface area contributed by atoms with E-state index in [1.54, 1.807) is 21.9 Å². The van der Waals surface area contributed by atoms with Gasteiger partial charge in [-0.05, 0) is 65.5 Å². The number of likely N-dealkylation sites (tertiary alicyclic amines) is 1. The highest BCUT2D eigenvalue weighted by atomic mass is 19.1. The van der Waals surface area contributed by atoms with Crippen LogP contribution in [-0.2, 0) is 4.74 Å². The van der Waals surface area contributed by atoms with Crippen molar-refractivity contribution in [3.63, 3.8) is 0 Å². The minimum Gasteiger partial charge on any atom is -0.444 e. The molecule has 1 fully saturated rings. The zero-order valence-corrected chi connectivity index (χ0v) is 17.5. The molecule has 1 atom stereocenters. The Morgan fingerprint density at radius 2 is 2.00 bits per heavy atom. The van der Waals surface area contributed by atoms with E-state index in [-0.39, 0.29) is 29.8 Å². The number of para-hydroxylation sites is 1. The molecule has 2 rings (SSSR count). The lowest BCUT2D eigenvalue weighted by Crippen LogP contribution is -2.48. The average Bonchev–Trinajstić information content (AvgIpc) is 2.60. The minimum absolute atomic E-state index is 0.00234. The number of halogens is 1. The molecule has 0 aromatic heterocycles. The van der Waals surface area contributed by atoms with E-state index in [0.717, 1.165) is 12.8 Å². The summed E-state index contributed by atoms with van der Waals surface area (Å²) in [7, 11) is 0. The number of hydrogen-bond donors (Lipinski definition) is 1. The molecule has 0 bridgehead atoms. The second kappa shape index (κ2) is 9.26. The van der Waals surface area contributed by atoms with E-state index in [1.807, 2.05) is 34.6 Å². The molecule has 0 radical (unpaired) electrons. The van der Waals surface area contributed by atoms with Gasteiger partial charge in [-0.25, -0.2) is 14.0 Å². The van der Waals surface area contributed by atoms with E-state index >= 15 is 0 Å². The number of anilines is 1. The van der Waals surface area contributed by atoms with Gasteiger partial charge in [-0.1, -0.05) is 12.1 Å². The van der Waals surface area contributed by atoms with E-state index < -0.39 is 11.4 Å². The van der Waals surface area contributed by atoms with Crippen LogP contribution < -0.4 is 5.32 Å². The third-order valence-electron chi connectivity index (χ3n) is 4.63. The summed E-state index contributed by atoms with van der Waals surface area (Å²) in [5, 5.41) is 2.64. The summed E-state index contributed by atoms with van der Waals surface area (Å²) < 4.78 is 19.3. The number of rotatable bonds is 4. The first-order valence-electron chi connectivity index (χ1n) is 9.87. The van der Waals surface area contributed by atoms with Gasteiger partial charge in [-0.3, -0.25) is 0 Å². The smallest absolute Gasteiger partial charge is 0.410 e. The molecule has 1 heterocycles. The number of amides is 3. The largest absolute Gasteiger partial charge is 0.444 e. The van der Waals surface area contributed by atoms with Crippen LogP contribution in [0.15, 0.2) is 24.3 Å².